The number of benzene rings is 1. The molecule has 0 aliphatic carbocycles. The van der Waals surface area contributed by atoms with Gasteiger partial charge in [0.25, 0.3) is 0 Å². The van der Waals surface area contributed by atoms with Crippen molar-refractivity contribution in [1.29, 1.82) is 0 Å². The first-order chi connectivity index (χ1) is 8.10. The van der Waals surface area contributed by atoms with Crippen molar-refractivity contribution in [2.24, 2.45) is 5.73 Å². The summed E-state index contributed by atoms with van der Waals surface area (Å²) in [5, 5.41) is 0. The molecule has 1 aromatic carbocycles. The lowest BCUT2D eigenvalue weighted by molar-refractivity contribution is -0.118. The van der Waals surface area contributed by atoms with E-state index < -0.39 is 5.82 Å². The topological polar surface area (TPSA) is 55.6 Å². The number of hydrogen-bond donors (Lipinski definition) is 1. The molecule has 0 aliphatic heterocycles. The first kappa shape index (κ1) is 16.7. The molecule has 0 fully saturated rings. The second kappa shape index (κ2) is 7.89. The van der Waals surface area contributed by atoms with E-state index in [0.29, 0.717) is 25.1 Å². The summed E-state index contributed by atoms with van der Waals surface area (Å²) in [6.07, 6.45) is 0.989. The monoisotopic (exact) mass is 276 g/mol. The minimum atomic E-state index is -0.483. The van der Waals surface area contributed by atoms with Gasteiger partial charge in [-0.2, -0.15) is 0 Å². The fourth-order valence-corrected chi connectivity index (χ4v) is 1.43. The van der Waals surface area contributed by atoms with E-state index in [-0.39, 0.29) is 24.1 Å². The highest BCUT2D eigenvalue weighted by Gasteiger charge is 2.12. The van der Waals surface area contributed by atoms with E-state index >= 15 is 0 Å². The third-order valence-electron chi connectivity index (χ3n) is 2.49. The molecule has 0 saturated heterocycles. The smallest absolute Gasteiger partial charge is 0.226 e. The molecule has 1 amide bonds. The molecule has 0 atom stereocenters. The van der Waals surface area contributed by atoms with E-state index in [0.717, 1.165) is 0 Å². The molecule has 102 valence electrons. The molecular weight excluding hydrogens is 259 g/mol. The number of halogens is 2. The van der Waals surface area contributed by atoms with Crippen molar-refractivity contribution in [2.75, 3.05) is 25.6 Å². The predicted octanol–water partition coefficient (Wildman–Crippen LogP) is 1.96. The molecule has 6 heteroatoms. The molecule has 0 aromatic heterocycles. The molecule has 2 N–H and O–H groups in total. The van der Waals surface area contributed by atoms with Crippen LogP contribution in [0.15, 0.2) is 18.2 Å². The fraction of sp³-hybridized carbons (Fsp3) is 0.417. The van der Waals surface area contributed by atoms with Crippen LogP contribution < -0.4 is 15.4 Å². The summed E-state index contributed by atoms with van der Waals surface area (Å²) >= 11 is 0. The molecule has 0 bridgehead atoms. The van der Waals surface area contributed by atoms with Crippen LogP contribution in [-0.2, 0) is 4.79 Å². The summed E-state index contributed by atoms with van der Waals surface area (Å²) in [4.78, 5) is 13.1. The molecule has 0 radical (unpaired) electrons. The molecule has 0 spiro atoms. The molecule has 1 rings (SSSR count). The quantitative estimate of drug-likeness (QED) is 0.894. The fourth-order valence-electron chi connectivity index (χ4n) is 1.43. The van der Waals surface area contributed by atoms with Crippen molar-refractivity contribution < 1.29 is 13.9 Å². The molecule has 0 heterocycles. The van der Waals surface area contributed by atoms with E-state index in [2.05, 4.69) is 0 Å². The zero-order valence-electron chi connectivity index (χ0n) is 10.5. The Morgan fingerprint density at radius 1 is 1.50 bits per heavy atom. The Kier molecular flexibility index (Phi) is 7.31. The van der Waals surface area contributed by atoms with Gasteiger partial charge < -0.3 is 15.4 Å². The molecule has 4 nitrogen and oxygen atoms in total. The SMILES string of the molecule is COc1ccc(N(C)C(=O)CCCN)cc1F.Cl. The van der Waals surface area contributed by atoms with Crippen molar-refractivity contribution in [3.63, 3.8) is 0 Å². The van der Waals surface area contributed by atoms with Crippen molar-refractivity contribution in [2.45, 2.75) is 12.8 Å². The molecule has 18 heavy (non-hydrogen) atoms. The van der Waals surface area contributed by atoms with Gasteiger partial charge in [-0.05, 0) is 25.1 Å². The number of anilines is 1. The Hall–Kier alpha value is -1.33. The van der Waals surface area contributed by atoms with Gasteiger partial charge >= 0.3 is 0 Å². The van der Waals surface area contributed by atoms with Crippen molar-refractivity contribution >= 4 is 24.0 Å². The van der Waals surface area contributed by atoms with Crippen molar-refractivity contribution in [3.05, 3.63) is 24.0 Å². The zero-order chi connectivity index (χ0) is 12.8. The van der Waals surface area contributed by atoms with Crippen LogP contribution in [0.4, 0.5) is 10.1 Å². The number of carbonyl (C=O) groups is 1. The molecule has 0 saturated carbocycles. The van der Waals surface area contributed by atoms with Crippen LogP contribution in [0.1, 0.15) is 12.8 Å². The normalized spacial score (nSPS) is 9.56. The second-order valence-corrected chi connectivity index (χ2v) is 3.66. The van der Waals surface area contributed by atoms with E-state index in [4.69, 9.17) is 10.5 Å². The number of methoxy groups -OCH3 is 1. The average molecular weight is 277 g/mol. The number of ether oxygens (including phenoxy) is 1. The highest BCUT2D eigenvalue weighted by molar-refractivity contribution is 5.92. The molecular formula is C12H18ClFN2O2. The lowest BCUT2D eigenvalue weighted by atomic mass is 10.2. The van der Waals surface area contributed by atoms with Gasteiger partial charge in [0, 0.05) is 25.2 Å². The summed E-state index contributed by atoms with van der Waals surface area (Å²) in [5.74, 6) is -0.403. The number of nitrogens with two attached hydrogens (primary N) is 1. The summed E-state index contributed by atoms with van der Waals surface area (Å²) in [6, 6.07) is 4.42. The maximum absolute atomic E-state index is 13.4. The first-order valence-electron chi connectivity index (χ1n) is 5.40. The van der Waals surface area contributed by atoms with Crippen LogP contribution in [0.3, 0.4) is 0 Å². The van der Waals surface area contributed by atoms with E-state index in [9.17, 15) is 9.18 Å². The minimum Gasteiger partial charge on any atom is -0.494 e. The largest absolute Gasteiger partial charge is 0.494 e. The number of nitrogens with zero attached hydrogens (tertiary/aromatic N) is 1. The molecule has 1 aromatic rings. The summed E-state index contributed by atoms with van der Waals surface area (Å²) < 4.78 is 18.3. The van der Waals surface area contributed by atoms with Gasteiger partial charge in [0.05, 0.1) is 7.11 Å². The Morgan fingerprint density at radius 2 is 2.17 bits per heavy atom. The Balaban J connectivity index is 0.00000289. The third kappa shape index (κ3) is 4.16. The van der Waals surface area contributed by atoms with Crippen molar-refractivity contribution in [3.8, 4) is 5.75 Å². The lowest BCUT2D eigenvalue weighted by Crippen LogP contribution is -2.26. The minimum absolute atomic E-state index is 0. The molecule has 0 aliphatic rings. The highest BCUT2D eigenvalue weighted by Crippen LogP contribution is 2.23. The maximum atomic E-state index is 13.4. The summed E-state index contributed by atoms with van der Waals surface area (Å²) in [7, 11) is 3.01. The van der Waals surface area contributed by atoms with Gasteiger partial charge in [-0.3, -0.25) is 4.79 Å². The van der Waals surface area contributed by atoms with Crippen LogP contribution in [-0.4, -0.2) is 26.6 Å². The van der Waals surface area contributed by atoms with Crippen LogP contribution in [0, 0.1) is 5.82 Å². The summed E-state index contributed by atoms with van der Waals surface area (Å²) in [6.45, 7) is 0.469. The van der Waals surface area contributed by atoms with Gasteiger partial charge in [0.15, 0.2) is 11.6 Å². The summed E-state index contributed by atoms with van der Waals surface area (Å²) in [5.41, 5.74) is 5.84. The maximum Gasteiger partial charge on any atom is 0.226 e. The number of rotatable bonds is 5. The number of amides is 1. The number of carbonyl (C=O) groups excluding carboxylic acids is 1. The highest BCUT2D eigenvalue weighted by atomic mass is 35.5. The van der Waals surface area contributed by atoms with Crippen LogP contribution >= 0.6 is 12.4 Å². The zero-order valence-corrected chi connectivity index (χ0v) is 11.3. The molecule has 0 unspecified atom stereocenters. The van der Waals surface area contributed by atoms with Gasteiger partial charge in [0.1, 0.15) is 0 Å². The van der Waals surface area contributed by atoms with Crippen LogP contribution in [0.2, 0.25) is 0 Å². The number of hydrogen-bond acceptors (Lipinski definition) is 3. The second-order valence-electron chi connectivity index (χ2n) is 3.66. The van der Waals surface area contributed by atoms with E-state index in [1.807, 2.05) is 0 Å². The van der Waals surface area contributed by atoms with Gasteiger partial charge in [-0.1, -0.05) is 0 Å². The van der Waals surface area contributed by atoms with E-state index in [1.54, 1.807) is 13.1 Å². The van der Waals surface area contributed by atoms with Gasteiger partial charge in [0.2, 0.25) is 5.91 Å². The average Bonchev–Trinajstić information content (AvgIpc) is 2.34. The van der Waals surface area contributed by atoms with E-state index in [1.165, 1.54) is 24.1 Å². The Labute approximate surface area is 112 Å². The third-order valence-corrected chi connectivity index (χ3v) is 2.49. The van der Waals surface area contributed by atoms with Crippen LogP contribution in [0.5, 0.6) is 5.75 Å². The van der Waals surface area contributed by atoms with Crippen LogP contribution in [0.25, 0.3) is 0 Å². The van der Waals surface area contributed by atoms with Gasteiger partial charge in [-0.25, -0.2) is 4.39 Å². The standard InChI is InChI=1S/C12H17FN2O2.ClH/c1-15(12(16)4-3-7-14)9-5-6-11(17-2)10(13)8-9;/h5-6,8H,3-4,7,14H2,1-2H3;1H. The Morgan fingerprint density at radius 3 is 2.67 bits per heavy atom. The predicted molar refractivity (Wildman–Crippen MR) is 71.9 cm³/mol. The van der Waals surface area contributed by atoms with Crippen molar-refractivity contribution in [1.82, 2.24) is 0 Å². The lowest BCUT2D eigenvalue weighted by Gasteiger charge is -2.17. The first-order valence-corrected chi connectivity index (χ1v) is 5.40. The Bertz CT molecular complexity index is 402. The van der Waals surface area contributed by atoms with Gasteiger partial charge in [-0.15, -0.1) is 12.4 Å².